The molecule has 0 aliphatic heterocycles. The molecule has 0 saturated carbocycles. The van der Waals surface area contributed by atoms with Crippen LogP contribution in [0.2, 0.25) is 5.02 Å². The Kier molecular flexibility index (Phi) is 6.62. The van der Waals surface area contributed by atoms with E-state index in [1.54, 1.807) is 18.4 Å². The standard InChI is InChI=1S/C13H20ClNO3S/c1-9(19(3)17)4-5-15-8-10-6-11(14)7-12(18-2)13(10)16/h6-7,9,15-16H,4-5,8H2,1-3H3. The third-order valence-electron chi connectivity index (χ3n) is 2.95. The van der Waals surface area contributed by atoms with Gasteiger partial charge >= 0.3 is 0 Å². The normalized spacial score (nSPS) is 14.1. The highest BCUT2D eigenvalue weighted by atomic mass is 35.5. The fourth-order valence-corrected chi connectivity index (χ4v) is 2.29. The van der Waals surface area contributed by atoms with Crippen molar-refractivity contribution in [3.8, 4) is 11.5 Å². The maximum absolute atomic E-state index is 11.2. The van der Waals surface area contributed by atoms with E-state index in [0.717, 1.165) is 13.0 Å². The maximum Gasteiger partial charge on any atom is 0.162 e. The molecule has 1 aromatic carbocycles. The Morgan fingerprint density at radius 2 is 2.21 bits per heavy atom. The third kappa shape index (κ3) is 5.01. The molecule has 0 saturated heterocycles. The summed E-state index contributed by atoms with van der Waals surface area (Å²) in [5, 5.41) is 13.8. The van der Waals surface area contributed by atoms with Crippen LogP contribution in [0.4, 0.5) is 0 Å². The minimum atomic E-state index is -0.802. The number of ether oxygens (including phenoxy) is 1. The lowest BCUT2D eigenvalue weighted by Gasteiger charge is -2.12. The van der Waals surface area contributed by atoms with E-state index in [2.05, 4.69) is 5.32 Å². The van der Waals surface area contributed by atoms with Crippen LogP contribution in [0.25, 0.3) is 0 Å². The quantitative estimate of drug-likeness (QED) is 0.759. The van der Waals surface area contributed by atoms with Crippen LogP contribution in [-0.2, 0) is 17.3 Å². The van der Waals surface area contributed by atoms with Crippen LogP contribution in [-0.4, -0.2) is 34.5 Å². The van der Waals surface area contributed by atoms with E-state index < -0.39 is 10.8 Å². The molecule has 0 spiro atoms. The molecule has 1 rings (SSSR count). The Hall–Kier alpha value is -0.780. The van der Waals surface area contributed by atoms with Crippen molar-refractivity contribution in [3.05, 3.63) is 22.7 Å². The summed E-state index contributed by atoms with van der Waals surface area (Å²) in [5.74, 6) is 0.471. The number of rotatable bonds is 7. The summed E-state index contributed by atoms with van der Waals surface area (Å²) in [6.45, 7) is 3.18. The van der Waals surface area contributed by atoms with Crippen LogP contribution in [0.1, 0.15) is 18.9 Å². The molecule has 0 heterocycles. The first-order chi connectivity index (χ1) is 8.95. The van der Waals surface area contributed by atoms with Crippen molar-refractivity contribution in [3.63, 3.8) is 0 Å². The van der Waals surface area contributed by atoms with Gasteiger partial charge in [0.25, 0.3) is 0 Å². The largest absolute Gasteiger partial charge is 0.504 e. The molecule has 0 bridgehead atoms. The highest BCUT2D eigenvalue weighted by Gasteiger charge is 2.10. The average molecular weight is 306 g/mol. The second-order valence-electron chi connectivity index (χ2n) is 4.39. The van der Waals surface area contributed by atoms with Crippen molar-refractivity contribution in [1.82, 2.24) is 5.32 Å². The molecule has 0 aromatic heterocycles. The third-order valence-corrected chi connectivity index (χ3v) is 4.54. The Labute approximate surface area is 121 Å². The highest BCUT2D eigenvalue weighted by molar-refractivity contribution is 7.84. The Morgan fingerprint density at radius 3 is 2.79 bits per heavy atom. The van der Waals surface area contributed by atoms with Gasteiger partial charge in [-0.3, -0.25) is 4.21 Å². The summed E-state index contributed by atoms with van der Waals surface area (Å²) in [7, 11) is 0.685. The van der Waals surface area contributed by atoms with Gasteiger partial charge in [-0.2, -0.15) is 0 Å². The van der Waals surface area contributed by atoms with E-state index in [-0.39, 0.29) is 11.0 Å². The van der Waals surface area contributed by atoms with Crippen molar-refractivity contribution in [2.45, 2.75) is 25.1 Å². The van der Waals surface area contributed by atoms with Gasteiger partial charge in [0.15, 0.2) is 11.5 Å². The van der Waals surface area contributed by atoms with Crippen LogP contribution in [0.15, 0.2) is 12.1 Å². The number of benzene rings is 1. The number of phenols is 1. The SMILES string of the molecule is COc1cc(Cl)cc(CNCCC(C)S(C)=O)c1O. The van der Waals surface area contributed by atoms with Gasteiger partial charge in [-0.05, 0) is 19.0 Å². The first kappa shape index (κ1) is 16.3. The zero-order valence-electron chi connectivity index (χ0n) is 11.4. The van der Waals surface area contributed by atoms with Gasteiger partial charge < -0.3 is 15.2 Å². The molecule has 0 amide bonds. The molecule has 4 nitrogen and oxygen atoms in total. The van der Waals surface area contributed by atoms with E-state index >= 15 is 0 Å². The Balaban J connectivity index is 2.54. The number of phenolic OH excluding ortho intramolecular Hbond substituents is 1. The summed E-state index contributed by atoms with van der Waals surface area (Å²) in [5.41, 5.74) is 0.689. The van der Waals surface area contributed by atoms with E-state index in [0.29, 0.717) is 22.9 Å². The Morgan fingerprint density at radius 1 is 1.53 bits per heavy atom. The predicted octanol–water partition coefficient (Wildman–Crippen LogP) is 2.30. The van der Waals surface area contributed by atoms with E-state index in [4.69, 9.17) is 16.3 Å². The van der Waals surface area contributed by atoms with E-state index in [1.807, 2.05) is 6.92 Å². The first-order valence-electron chi connectivity index (χ1n) is 6.04. The van der Waals surface area contributed by atoms with Gasteiger partial charge in [0.05, 0.1) is 7.11 Å². The van der Waals surface area contributed by atoms with Crippen molar-refractivity contribution >= 4 is 22.4 Å². The minimum Gasteiger partial charge on any atom is -0.504 e. The monoisotopic (exact) mass is 305 g/mol. The summed E-state index contributed by atoms with van der Waals surface area (Å²) in [6.07, 6.45) is 2.53. The first-order valence-corrected chi connectivity index (χ1v) is 8.04. The molecule has 0 aliphatic carbocycles. The van der Waals surface area contributed by atoms with Crippen molar-refractivity contribution in [2.24, 2.45) is 0 Å². The van der Waals surface area contributed by atoms with Crippen LogP contribution < -0.4 is 10.1 Å². The van der Waals surface area contributed by atoms with E-state index in [1.165, 1.54) is 7.11 Å². The van der Waals surface area contributed by atoms with Gasteiger partial charge in [0.2, 0.25) is 0 Å². The lowest BCUT2D eigenvalue weighted by atomic mass is 10.2. The fourth-order valence-electron chi connectivity index (χ4n) is 1.61. The van der Waals surface area contributed by atoms with E-state index in [9.17, 15) is 9.32 Å². The van der Waals surface area contributed by atoms with Gasteiger partial charge in [-0.15, -0.1) is 0 Å². The van der Waals surface area contributed by atoms with Crippen LogP contribution in [0.5, 0.6) is 11.5 Å². The molecule has 0 radical (unpaired) electrons. The van der Waals surface area contributed by atoms with Crippen LogP contribution in [0.3, 0.4) is 0 Å². The highest BCUT2D eigenvalue weighted by Crippen LogP contribution is 2.33. The zero-order chi connectivity index (χ0) is 14.4. The predicted molar refractivity (Wildman–Crippen MR) is 79.5 cm³/mol. The zero-order valence-corrected chi connectivity index (χ0v) is 13.0. The van der Waals surface area contributed by atoms with Crippen molar-refractivity contribution in [2.75, 3.05) is 19.9 Å². The molecule has 19 heavy (non-hydrogen) atoms. The molecule has 1 aromatic rings. The second kappa shape index (κ2) is 7.72. The Bertz CT molecular complexity index is 454. The van der Waals surface area contributed by atoms with Crippen LogP contribution >= 0.6 is 11.6 Å². The molecule has 2 unspecified atom stereocenters. The molecular formula is C13H20ClNO3S. The lowest BCUT2D eigenvalue weighted by molar-refractivity contribution is 0.369. The summed E-state index contributed by atoms with van der Waals surface area (Å²) < 4.78 is 16.2. The number of nitrogens with one attached hydrogen (secondary N) is 1. The minimum absolute atomic E-state index is 0.103. The average Bonchev–Trinajstić information content (AvgIpc) is 2.37. The van der Waals surface area contributed by atoms with Crippen LogP contribution in [0, 0.1) is 0 Å². The number of hydrogen-bond donors (Lipinski definition) is 2. The molecule has 6 heteroatoms. The maximum atomic E-state index is 11.2. The molecule has 2 atom stereocenters. The summed E-state index contributed by atoms with van der Waals surface area (Å²) in [6, 6.07) is 3.27. The molecule has 2 N–H and O–H groups in total. The fraction of sp³-hybridized carbons (Fsp3) is 0.538. The van der Waals surface area contributed by atoms with Gasteiger partial charge in [-0.25, -0.2) is 0 Å². The van der Waals surface area contributed by atoms with Gasteiger partial charge in [0, 0.05) is 45.5 Å². The summed E-state index contributed by atoms with van der Waals surface area (Å²) >= 11 is 5.95. The van der Waals surface area contributed by atoms with Crippen molar-refractivity contribution in [1.29, 1.82) is 0 Å². The molecule has 0 aliphatic rings. The topological polar surface area (TPSA) is 58.6 Å². The van der Waals surface area contributed by atoms with Gasteiger partial charge in [-0.1, -0.05) is 18.5 Å². The molecular weight excluding hydrogens is 286 g/mol. The van der Waals surface area contributed by atoms with Gasteiger partial charge in [0.1, 0.15) is 0 Å². The number of halogens is 1. The second-order valence-corrected chi connectivity index (χ2v) is 6.63. The van der Waals surface area contributed by atoms with Crippen molar-refractivity contribution < 1.29 is 14.1 Å². The smallest absolute Gasteiger partial charge is 0.162 e. The number of hydrogen-bond acceptors (Lipinski definition) is 4. The number of methoxy groups -OCH3 is 1. The summed E-state index contributed by atoms with van der Waals surface area (Å²) in [4.78, 5) is 0. The number of aromatic hydroxyl groups is 1. The molecule has 108 valence electrons. The lowest BCUT2D eigenvalue weighted by Crippen LogP contribution is -2.21. The molecule has 0 fully saturated rings.